The minimum atomic E-state index is -3.29. The molecule has 0 radical (unpaired) electrons. The molecule has 0 unspecified atom stereocenters. The van der Waals surface area contributed by atoms with Crippen molar-refractivity contribution in [3.63, 3.8) is 0 Å². The Kier molecular flexibility index (Phi) is 2.00. The maximum Gasteiger partial charge on any atom is 0.181 e. The molecule has 2 aromatic rings. The van der Waals surface area contributed by atoms with E-state index >= 15 is 0 Å². The smallest absolute Gasteiger partial charge is 0.181 e. The molecule has 0 saturated heterocycles. The molecule has 2 rings (SSSR count). The molecule has 0 atom stereocenters. The summed E-state index contributed by atoms with van der Waals surface area (Å²) in [5.74, 6) is 0. The second-order valence-corrected chi connectivity index (χ2v) is 5.37. The summed E-state index contributed by atoms with van der Waals surface area (Å²) < 4.78 is 24.5. The number of sulfone groups is 1. The average molecular weight is 226 g/mol. The molecule has 0 fully saturated rings. The van der Waals surface area contributed by atoms with Crippen LogP contribution >= 0.6 is 0 Å². The van der Waals surface area contributed by atoms with Crippen molar-refractivity contribution < 1.29 is 8.42 Å². The van der Waals surface area contributed by atoms with Crippen LogP contribution in [0.25, 0.3) is 11.0 Å². The number of rotatable bonds is 1. The summed E-state index contributed by atoms with van der Waals surface area (Å²) in [7, 11) is -1.59. The predicted molar refractivity (Wildman–Crippen MR) is 54.2 cm³/mol. The standard InChI is InChI=1S/C8H10N4O2S/c1-5-7-6(15(3,13)14)4-9-10-8(7)12(2)11-5/h4H,1-3H3. The molecule has 0 amide bonds. The highest BCUT2D eigenvalue weighted by Gasteiger charge is 2.18. The lowest BCUT2D eigenvalue weighted by molar-refractivity contribution is 0.602. The van der Waals surface area contributed by atoms with Crippen LogP contribution in [0.4, 0.5) is 0 Å². The molecular weight excluding hydrogens is 216 g/mol. The summed E-state index contributed by atoms with van der Waals surface area (Å²) >= 11 is 0. The van der Waals surface area contributed by atoms with Crippen molar-refractivity contribution in [2.24, 2.45) is 7.05 Å². The Bertz CT molecular complexity index is 629. The molecule has 0 spiro atoms. The van der Waals surface area contributed by atoms with Gasteiger partial charge in [-0.3, -0.25) is 0 Å². The maximum atomic E-state index is 11.5. The maximum absolute atomic E-state index is 11.5. The molecular formula is C8H10N4O2S. The van der Waals surface area contributed by atoms with Crippen LogP contribution < -0.4 is 0 Å². The molecule has 7 heteroatoms. The van der Waals surface area contributed by atoms with Gasteiger partial charge in [-0.25, -0.2) is 13.1 Å². The average Bonchev–Trinajstić information content (AvgIpc) is 2.41. The van der Waals surface area contributed by atoms with Crippen LogP contribution in [-0.2, 0) is 16.9 Å². The third-order valence-corrected chi connectivity index (χ3v) is 3.27. The summed E-state index contributed by atoms with van der Waals surface area (Å²) in [4.78, 5) is 0.179. The third-order valence-electron chi connectivity index (χ3n) is 2.17. The van der Waals surface area contributed by atoms with Gasteiger partial charge in [-0.2, -0.15) is 10.2 Å². The van der Waals surface area contributed by atoms with Gasteiger partial charge in [0.15, 0.2) is 15.5 Å². The Morgan fingerprint density at radius 2 is 2.07 bits per heavy atom. The number of aromatic nitrogens is 4. The number of hydrogen-bond donors (Lipinski definition) is 0. The fraction of sp³-hybridized carbons (Fsp3) is 0.375. The van der Waals surface area contributed by atoms with Crippen molar-refractivity contribution in [3.05, 3.63) is 11.9 Å². The molecule has 0 bridgehead atoms. The molecule has 2 heterocycles. The summed E-state index contributed by atoms with van der Waals surface area (Å²) in [5, 5.41) is 12.2. The topological polar surface area (TPSA) is 77.7 Å². The molecule has 0 N–H and O–H groups in total. The second-order valence-electron chi connectivity index (χ2n) is 3.39. The first kappa shape index (κ1) is 10.0. The Balaban J connectivity index is 3.00. The van der Waals surface area contributed by atoms with E-state index in [2.05, 4.69) is 15.3 Å². The van der Waals surface area contributed by atoms with E-state index in [1.807, 2.05) is 0 Å². The molecule has 0 aliphatic rings. The minimum Gasteiger partial charge on any atom is -0.249 e. The highest BCUT2D eigenvalue weighted by molar-refractivity contribution is 7.91. The van der Waals surface area contributed by atoms with E-state index in [4.69, 9.17) is 0 Å². The normalized spacial score (nSPS) is 12.2. The molecule has 0 aliphatic carbocycles. The van der Waals surface area contributed by atoms with Crippen molar-refractivity contribution in [2.45, 2.75) is 11.8 Å². The van der Waals surface area contributed by atoms with Crippen molar-refractivity contribution in [3.8, 4) is 0 Å². The van der Waals surface area contributed by atoms with Crippen molar-refractivity contribution in [1.29, 1.82) is 0 Å². The van der Waals surface area contributed by atoms with E-state index in [0.717, 1.165) is 6.26 Å². The Hall–Kier alpha value is -1.50. The number of aryl methyl sites for hydroxylation is 2. The Labute approximate surface area is 86.8 Å². The zero-order chi connectivity index (χ0) is 11.2. The van der Waals surface area contributed by atoms with Crippen LogP contribution in [0.1, 0.15) is 5.69 Å². The first-order valence-corrected chi connectivity index (χ1v) is 6.15. The molecule has 0 aliphatic heterocycles. The predicted octanol–water partition coefficient (Wildman–Crippen LogP) is 0.0752. The second kappa shape index (κ2) is 2.99. The van der Waals surface area contributed by atoms with Gasteiger partial charge in [0.25, 0.3) is 0 Å². The van der Waals surface area contributed by atoms with Crippen LogP contribution in [0.5, 0.6) is 0 Å². The van der Waals surface area contributed by atoms with Gasteiger partial charge >= 0.3 is 0 Å². The van der Waals surface area contributed by atoms with Crippen LogP contribution in [0.2, 0.25) is 0 Å². The van der Waals surface area contributed by atoms with Gasteiger partial charge in [-0.1, -0.05) is 0 Å². The fourth-order valence-corrected chi connectivity index (χ4v) is 2.38. The summed E-state index contributed by atoms with van der Waals surface area (Å²) in [5.41, 5.74) is 1.12. The van der Waals surface area contributed by atoms with Crippen LogP contribution in [0.3, 0.4) is 0 Å². The van der Waals surface area contributed by atoms with Crippen molar-refractivity contribution in [1.82, 2.24) is 20.0 Å². The van der Waals surface area contributed by atoms with Crippen LogP contribution in [0.15, 0.2) is 11.1 Å². The number of hydrogen-bond acceptors (Lipinski definition) is 5. The number of nitrogens with zero attached hydrogens (tertiary/aromatic N) is 4. The molecule has 15 heavy (non-hydrogen) atoms. The molecule has 6 nitrogen and oxygen atoms in total. The molecule has 2 aromatic heterocycles. The fourth-order valence-electron chi connectivity index (χ4n) is 1.53. The monoisotopic (exact) mass is 226 g/mol. The minimum absolute atomic E-state index is 0.179. The largest absolute Gasteiger partial charge is 0.249 e. The van der Waals surface area contributed by atoms with Crippen molar-refractivity contribution in [2.75, 3.05) is 6.26 Å². The van der Waals surface area contributed by atoms with E-state index in [-0.39, 0.29) is 4.90 Å². The Morgan fingerprint density at radius 1 is 1.40 bits per heavy atom. The first-order chi connectivity index (χ1) is 6.91. The highest BCUT2D eigenvalue weighted by atomic mass is 32.2. The Morgan fingerprint density at radius 3 is 2.67 bits per heavy atom. The van der Waals surface area contributed by atoms with Crippen molar-refractivity contribution >= 4 is 20.9 Å². The lowest BCUT2D eigenvalue weighted by Gasteiger charge is -1.98. The van der Waals surface area contributed by atoms with Gasteiger partial charge in [0.1, 0.15) is 0 Å². The number of fused-ring (bicyclic) bond motifs is 1. The molecule has 0 saturated carbocycles. The third kappa shape index (κ3) is 1.48. The van der Waals surface area contributed by atoms with Gasteiger partial charge in [-0.15, -0.1) is 5.10 Å². The summed E-state index contributed by atoms with van der Waals surface area (Å²) in [6.07, 6.45) is 2.40. The summed E-state index contributed by atoms with van der Waals surface area (Å²) in [6, 6.07) is 0. The van der Waals surface area contributed by atoms with Gasteiger partial charge in [0.2, 0.25) is 0 Å². The van der Waals surface area contributed by atoms with E-state index in [1.165, 1.54) is 10.9 Å². The van der Waals surface area contributed by atoms with E-state index in [0.29, 0.717) is 16.7 Å². The highest BCUT2D eigenvalue weighted by Crippen LogP contribution is 2.22. The SMILES string of the molecule is Cc1nn(C)c2nncc(S(C)(=O)=O)c12. The van der Waals surface area contributed by atoms with Crippen LogP contribution in [-0.4, -0.2) is 34.7 Å². The van der Waals surface area contributed by atoms with E-state index < -0.39 is 9.84 Å². The van der Waals surface area contributed by atoms with Gasteiger partial charge < -0.3 is 0 Å². The zero-order valence-electron chi connectivity index (χ0n) is 8.59. The quantitative estimate of drug-likeness (QED) is 0.688. The van der Waals surface area contributed by atoms with Gasteiger partial charge in [0, 0.05) is 13.3 Å². The molecule has 0 aromatic carbocycles. The van der Waals surface area contributed by atoms with E-state index in [9.17, 15) is 8.42 Å². The van der Waals surface area contributed by atoms with Gasteiger partial charge in [-0.05, 0) is 6.92 Å². The summed E-state index contributed by atoms with van der Waals surface area (Å²) in [6.45, 7) is 1.75. The lowest BCUT2D eigenvalue weighted by atomic mass is 10.3. The van der Waals surface area contributed by atoms with Gasteiger partial charge in [0.05, 0.1) is 22.2 Å². The van der Waals surface area contributed by atoms with Crippen LogP contribution in [0, 0.1) is 6.92 Å². The van der Waals surface area contributed by atoms with E-state index in [1.54, 1.807) is 14.0 Å². The zero-order valence-corrected chi connectivity index (χ0v) is 9.41. The lowest BCUT2D eigenvalue weighted by Crippen LogP contribution is -2.01. The first-order valence-electron chi connectivity index (χ1n) is 4.26. The molecule has 80 valence electrons.